The number of fused-ring (bicyclic) bond motifs is 1. The van der Waals surface area contributed by atoms with E-state index in [9.17, 15) is 9.50 Å². The molecule has 0 aliphatic carbocycles. The number of likely N-dealkylation sites (N-methyl/N-ethyl adjacent to an activating group) is 1. The Labute approximate surface area is 157 Å². The van der Waals surface area contributed by atoms with Crippen molar-refractivity contribution in [3.05, 3.63) is 47.8 Å². The lowest BCUT2D eigenvalue weighted by molar-refractivity contribution is 0.261. The molecule has 27 heavy (non-hydrogen) atoms. The Balaban J connectivity index is 1.81. The molecule has 140 valence electrons. The number of nitrogens with one attached hydrogen (secondary N) is 1. The van der Waals surface area contributed by atoms with Crippen molar-refractivity contribution < 1.29 is 9.50 Å². The lowest BCUT2D eigenvalue weighted by Crippen LogP contribution is -2.40. The maximum absolute atomic E-state index is 14.8. The van der Waals surface area contributed by atoms with Crippen LogP contribution in [0.25, 0.3) is 22.0 Å². The van der Waals surface area contributed by atoms with Gasteiger partial charge < -0.3 is 15.3 Å². The van der Waals surface area contributed by atoms with Crippen LogP contribution in [0.2, 0.25) is 0 Å². The highest BCUT2D eigenvalue weighted by Crippen LogP contribution is 2.36. The van der Waals surface area contributed by atoms with Crippen molar-refractivity contribution in [2.45, 2.75) is 25.8 Å². The van der Waals surface area contributed by atoms with Gasteiger partial charge in [0.1, 0.15) is 17.3 Å². The zero-order valence-electron chi connectivity index (χ0n) is 15.5. The van der Waals surface area contributed by atoms with E-state index in [0.29, 0.717) is 27.8 Å². The van der Waals surface area contributed by atoms with E-state index < -0.39 is 0 Å². The molecule has 6 heteroatoms. The van der Waals surface area contributed by atoms with Gasteiger partial charge in [0.25, 0.3) is 0 Å². The summed E-state index contributed by atoms with van der Waals surface area (Å²) in [6, 6.07) is 10.5. The average Bonchev–Trinajstić information content (AvgIpc) is 2.63. The quantitative estimate of drug-likeness (QED) is 0.735. The van der Waals surface area contributed by atoms with E-state index in [-0.39, 0.29) is 17.6 Å². The van der Waals surface area contributed by atoms with Gasteiger partial charge in [0, 0.05) is 28.9 Å². The SMILES string of the molecule is Cc1ccc(-c2nnc(N[C@@H]3CCCN(C)C3)c3cccc(F)c23)c(O)c1. The molecular weight excluding hydrogens is 343 g/mol. The monoisotopic (exact) mass is 366 g/mol. The molecule has 1 atom stereocenters. The van der Waals surface area contributed by atoms with Gasteiger partial charge >= 0.3 is 0 Å². The lowest BCUT2D eigenvalue weighted by atomic mass is 10.0. The Hall–Kier alpha value is -2.73. The smallest absolute Gasteiger partial charge is 0.156 e. The van der Waals surface area contributed by atoms with Crippen molar-refractivity contribution in [1.82, 2.24) is 15.1 Å². The molecule has 0 unspecified atom stereocenters. The standard InChI is InChI=1S/C21H23FN4O/c1-13-8-9-15(18(27)11-13)20-19-16(6-3-7-17(19)22)21(25-24-20)23-14-5-4-10-26(2)12-14/h3,6-9,11,14,27H,4-5,10,12H2,1-2H3,(H,23,25)/t14-/m1/s1. The number of rotatable bonds is 3. The third-order valence-electron chi connectivity index (χ3n) is 5.13. The predicted molar refractivity (Wildman–Crippen MR) is 105 cm³/mol. The minimum Gasteiger partial charge on any atom is -0.507 e. The van der Waals surface area contributed by atoms with E-state index in [4.69, 9.17) is 0 Å². The van der Waals surface area contributed by atoms with E-state index in [2.05, 4.69) is 27.5 Å². The van der Waals surface area contributed by atoms with Gasteiger partial charge in [-0.15, -0.1) is 10.2 Å². The Morgan fingerprint density at radius 2 is 2.07 bits per heavy atom. The molecule has 2 heterocycles. The number of benzene rings is 2. The van der Waals surface area contributed by atoms with Crippen molar-refractivity contribution in [2.24, 2.45) is 0 Å². The van der Waals surface area contributed by atoms with Crippen LogP contribution >= 0.6 is 0 Å². The van der Waals surface area contributed by atoms with Gasteiger partial charge in [0.2, 0.25) is 0 Å². The summed E-state index contributed by atoms with van der Waals surface area (Å²) in [6.45, 7) is 3.89. The largest absolute Gasteiger partial charge is 0.507 e. The van der Waals surface area contributed by atoms with Crippen LogP contribution in [0, 0.1) is 12.7 Å². The minimum atomic E-state index is -0.374. The highest BCUT2D eigenvalue weighted by molar-refractivity contribution is 6.01. The zero-order valence-corrected chi connectivity index (χ0v) is 15.5. The number of piperidine rings is 1. The highest BCUT2D eigenvalue weighted by Gasteiger charge is 2.21. The van der Waals surface area contributed by atoms with Crippen LogP contribution in [0.5, 0.6) is 5.75 Å². The van der Waals surface area contributed by atoms with Crippen molar-refractivity contribution in [3.8, 4) is 17.0 Å². The summed E-state index contributed by atoms with van der Waals surface area (Å²) in [5.74, 6) is 0.282. The topological polar surface area (TPSA) is 61.3 Å². The molecule has 3 aromatic rings. The molecule has 0 spiro atoms. The van der Waals surface area contributed by atoms with Crippen LogP contribution in [-0.2, 0) is 0 Å². The van der Waals surface area contributed by atoms with Gasteiger partial charge in [0.15, 0.2) is 5.82 Å². The number of phenolic OH excluding ortho intramolecular Hbond substituents is 1. The summed E-state index contributed by atoms with van der Waals surface area (Å²) in [5.41, 5.74) is 1.76. The summed E-state index contributed by atoms with van der Waals surface area (Å²) >= 11 is 0. The molecule has 1 aliphatic rings. The number of halogens is 1. The molecule has 5 nitrogen and oxygen atoms in total. The highest BCUT2D eigenvalue weighted by atomic mass is 19.1. The zero-order chi connectivity index (χ0) is 19.0. The normalized spacial score (nSPS) is 18.0. The van der Waals surface area contributed by atoms with Gasteiger partial charge in [-0.1, -0.05) is 18.2 Å². The van der Waals surface area contributed by atoms with Crippen LogP contribution < -0.4 is 5.32 Å². The van der Waals surface area contributed by atoms with Crippen molar-refractivity contribution in [1.29, 1.82) is 0 Å². The maximum atomic E-state index is 14.8. The Morgan fingerprint density at radius 1 is 1.22 bits per heavy atom. The molecular formula is C21H23FN4O. The first-order valence-corrected chi connectivity index (χ1v) is 9.23. The molecule has 2 aromatic carbocycles. The molecule has 0 saturated carbocycles. The van der Waals surface area contributed by atoms with Gasteiger partial charge in [-0.25, -0.2) is 4.39 Å². The molecule has 4 rings (SSSR count). The molecule has 1 aromatic heterocycles. The molecule has 0 amide bonds. The van der Waals surface area contributed by atoms with Crippen molar-refractivity contribution >= 4 is 16.6 Å². The summed E-state index contributed by atoms with van der Waals surface area (Å²) in [7, 11) is 2.10. The van der Waals surface area contributed by atoms with Gasteiger partial charge in [-0.2, -0.15) is 0 Å². The second-order valence-corrected chi connectivity index (χ2v) is 7.33. The molecule has 1 fully saturated rings. The lowest BCUT2D eigenvalue weighted by Gasteiger charge is -2.30. The number of likely N-dealkylation sites (tertiary alicyclic amines) is 1. The molecule has 0 bridgehead atoms. The van der Waals surface area contributed by atoms with Crippen LogP contribution in [0.1, 0.15) is 18.4 Å². The van der Waals surface area contributed by atoms with Crippen molar-refractivity contribution in [2.75, 3.05) is 25.5 Å². The van der Waals surface area contributed by atoms with Crippen LogP contribution in [0.3, 0.4) is 0 Å². The number of phenols is 1. The number of aromatic hydroxyl groups is 1. The molecule has 2 N–H and O–H groups in total. The number of aromatic nitrogens is 2. The summed E-state index contributed by atoms with van der Waals surface area (Å²) in [6.07, 6.45) is 2.16. The summed E-state index contributed by atoms with van der Waals surface area (Å²) in [5, 5.41) is 23.5. The van der Waals surface area contributed by atoms with Gasteiger partial charge in [0.05, 0.1) is 0 Å². The number of anilines is 1. The third kappa shape index (κ3) is 3.45. The third-order valence-corrected chi connectivity index (χ3v) is 5.13. The van der Waals surface area contributed by atoms with E-state index >= 15 is 0 Å². The van der Waals surface area contributed by atoms with E-state index in [1.807, 2.05) is 19.1 Å². The summed E-state index contributed by atoms with van der Waals surface area (Å²) in [4.78, 5) is 2.27. The van der Waals surface area contributed by atoms with Gasteiger partial charge in [-0.3, -0.25) is 0 Å². The van der Waals surface area contributed by atoms with E-state index in [1.165, 1.54) is 6.07 Å². The Kier molecular flexibility index (Phi) is 4.66. The van der Waals surface area contributed by atoms with Gasteiger partial charge in [-0.05, 0) is 57.1 Å². The first-order chi connectivity index (χ1) is 13.0. The first kappa shape index (κ1) is 17.7. The van der Waals surface area contributed by atoms with E-state index in [1.54, 1.807) is 18.2 Å². The fourth-order valence-corrected chi connectivity index (χ4v) is 3.78. The second-order valence-electron chi connectivity index (χ2n) is 7.33. The number of aryl methyl sites for hydroxylation is 1. The molecule has 0 radical (unpaired) electrons. The number of hydrogen-bond acceptors (Lipinski definition) is 5. The predicted octanol–water partition coefficient (Wildman–Crippen LogP) is 3.96. The fraction of sp³-hybridized carbons (Fsp3) is 0.333. The number of hydrogen-bond donors (Lipinski definition) is 2. The second kappa shape index (κ2) is 7.12. The Morgan fingerprint density at radius 3 is 2.85 bits per heavy atom. The number of nitrogens with zero attached hydrogens (tertiary/aromatic N) is 3. The molecule has 1 saturated heterocycles. The van der Waals surface area contributed by atoms with Crippen LogP contribution in [0.4, 0.5) is 10.2 Å². The van der Waals surface area contributed by atoms with Crippen molar-refractivity contribution in [3.63, 3.8) is 0 Å². The molecule has 1 aliphatic heterocycles. The average molecular weight is 366 g/mol. The summed E-state index contributed by atoms with van der Waals surface area (Å²) < 4.78 is 14.8. The Bertz CT molecular complexity index is 991. The maximum Gasteiger partial charge on any atom is 0.156 e. The fourth-order valence-electron chi connectivity index (χ4n) is 3.78. The van der Waals surface area contributed by atoms with Crippen LogP contribution in [0.15, 0.2) is 36.4 Å². The van der Waals surface area contributed by atoms with E-state index in [0.717, 1.165) is 31.5 Å². The van der Waals surface area contributed by atoms with Crippen LogP contribution in [-0.4, -0.2) is 46.4 Å². The minimum absolute atomic E-state index is 0.0727. The first-order valence-electron chi connectivity index (χ1n) is 9.23.